The van der Waals surface area contributed by atoms with Gasteiger partial charge in [-0.1, -0.05) is 37.3 Å². The lowest BCUT2D eigenvalue weighted by molar-refractivity contribution is -0.149. The van der Waals surface area contributed by atoms with E-state index in [4.69, 9.17) is 4.74 Å². The molecule has 2 rings (SSSR count). The number of hydrogen-bond acceptors (Lipinski definition) is 4. The van der Waals surface area contributed by atoms with Crippen molar-refractivity contribution in [2.75, 3.05) is 13.2 Å². The van der Waals surface area contributed by atoms with Gasteiger partial charge in [0.15, 0.2) is 0 Å². The molecule has 22 heavy (non-hydrogen) atoms. The number of hydrogen-bond donors (Lipinski definition) is 0. The lowest BCUT2D eigenvalue weighted by Gasteiger charge is -2.33. The molecular formula is C16H23NO4S. The quantitative estimate of drug-likeness (QED) is 0.753. The first-order chi connectivity index (χ1) is 10.5. The van der Waals surface area contributed by atoms with Crippen LogP contribution >= 0.6 is 0 Å². The summed E-state index contributed by atoms with van der Waals surface area (Å²) in [6.07, 6.45) is 2.90. The fourth-order valence-corrected chi connectivity index (χ4v) is 4.41. The standard InChI is InChI=1S/C16H23NO4S/c1-2-12-21-16(18)15-10-6-7-11-17(15)22(19,20)13-14-8-4-3-5-9-14/h3-5,8-9,15H,2,6-7,10-13H2,1H3. The van der Waals surface area contributed by atoms with E-state index in [9.17, 15) is 13.2 Å². The van der Waals surface area contributed by atoms with Crippen LogP contribution in [-0.4, -0.2) is 37.9 Å². The number of esters is 1. The SMILES string of the molecule is CCCOC(=O)C1CCCCN1S(=O)(=O)Cc1ccccc1. The number of ether oxygens (including phenoxy) is 1. The van der Waals surface area contributed by atoms with Crippen molar-refractivity contribution in [1.29, 1.82) is 0 Å². The molecule has 1 unspecified atom stereocenters. The number of sulfonamides is 1. The van der Waals surface area contributed by atoms with Crippen molar-refractivity contribution in [1.82, 2.24) is 4.31 Å². The second-order valence-electron chi connectivity index (χ2n) is 5.53. The van der Waals surface area contributed by atoms with Gasteiger partial charge >= 0.3 is 5.97 Å². The van der Waals surface area contributed by atoms with Gasteiger partial charge in [-0.15, -0.1) is 0 Å². The van der Waals surface area contributed by atoms with Crippen LogP contribution in [0.1, 0.15) is 38.2 Å². The summed E-state index contributed by atoms with van der Waals surface area (Å²) in [6, 6.07) is 8.37. The Morgan fingerprint density at radius 1 is 1.27 bits per heavy atom. The third kappa shape index (κ3) is 4.30. The minimum Gasteiger partial charge on any atom is -0.465 e. The largest absolute Gasteiger partial charge is 0.465 e. The van der Waals surface area contributed by atoms with Gasteiger partial charge in [0, 0.05) is 6.54 Å². The van der Waals surface area contributed by atoms with Crippen LogP contribution in [0.2, 0.25) is 0 Å². The summed E-state index contributed by atoms with van der Waals surface area (Å²) < 4.78 is 31.8. The molecule has 122 valence electrons. The first-order valence-corrected chi connectivity index (χ1v) is 9.35. The molecule has 1 heterocycles. The second-order valence-corrected chi connectivity index (χ2v) is 7.45. The Hall–Kier alpha value is -1.40. The maximum absolute atomic E-state index is 12.7. The van der Waals surface area contributed by atoms with E-state index in [1.54, 1.807) is 12.1 Å². The highest BCUT2D eigenvalue weighted by molar-refractivity contribution is 7.88. The van der Waals surface area contributed by atoms with Crippen LogP contribution in [0.25, 0.3) is 0 Å². The molecule has 1 atom stereocenters. The van der Waals surface area contributed by atoms with Crippen LogP contribution in [-0.2, 0) is 25.3 Å². The van der Waals surface area contributed by atoms with Crippen molar-refractivity contribution >= 4 is 16.0 Å². The van der Waals surface area contributed by atoms with Crippen molar-refractivity contribution in [2.45, 2.75) is 44.4 Å². The predicted molar refractivity (Wildman–Crippen MR) is 84.7 cm³/mol. The van der Waals surface area contributed by atoms with Gasteiger partial charge in [0.2, 0.25) is 10.0 Å². The van der Waals surface area contributed by atoms with E-state index in [0.717, 1.165) is 24.8 Å². The summed E-state index contributed by atoms with van der Waals surface area (Å²) in [6.45, 7) is 2.64. The fourth-order valence-electron chi connectivity index (χ4n) is 2.64. The average molecular weight is 325 g/mol. The van der Waals surface area contributed by atoms with Gasteiger partial charge in [0.25, 0.3) is 0 Å². The topological polar surface area (TPSA) is 63.7 Å². The number of rotatable bonds is 6. The summed E-state index contributed by atoms with van der Waals surface area (Å²) in [5, 5.41) is 0. The van der Waals surface area contributed by atoms with E-state index in [1.165, 1.54) is 4.31 Å². The van der Waals surface area contributed by atoms with Crippen molar-refractivity contribution in [2.24, 2.45) is 0 Å². The van der Waals surface area contributed by atoms with Crippen molar-refractivity contribution < 1.29 is 17.9 Å². The molecule has 0 spiro atoms. The predicted octanol–water partition coefficient (Wildman–Crippen LogP) is 2.32. The van der Waals surface area contributed by atoms with Crippen LogP contribution in [0.4, 0.5) is 0 Å². The van der Waals surface area contributed by atoms with Gasteiger partial charge in [0.1, 0.15) is 6.04 Å². The summed E-state index contributed by atoms with van der Waals surface area (Å²) >= 11 is 0. The lowest BCUT2D eigenvalue weighted by Crippen LogP contribution is -2.49. The maximum Gasteiger partial charge on any atom is 0.324 e. The van der Waals surface area contributed by atoms with Gasteiger partial charge in [-0.25, -0.2) is 8.42 Å². The van der Waals surface area contributed by atoms with Gasteiger partial charge in [0.05, 0.1) is 12.4 Å². The summed E-state index contributed by atoms with van der Waals surface area (Å²) in [4.78, 5) is 12.1. The fraction of sp³-hybridized carbons (Fsp3) is 0.562. The number of carbonyl (C=O) groups excluding carboxylic acids is 1. The molecule has 1 aliphatic heterocycles. The van der Waals surface area contributed by atoms with Gasteiger partial charge in [-0.3, -0.25) is 4.79 Å². The Morgan fingerprint density at radius 3 is 2.68 bits per heavy atom. The second kappa shape index (κ2) is 7.74. The zero-order valence-corrected chi connectivity index (χ0v) is 13.7. The molecule has 1 saturated heterocycles. The van der Waals surface area contributed by atoms with E-state index in [1.807, 2.05) is 25.1 Å². The minimum absolute atomic E-state index is 0.0780. The van der Waals surface area contributed by atoms with E-state index in [2.05, 4.69) is 0 Å². The summed E-state index contributed by atoms with van der Waals surface area (Å²) in [5.74, 6) is -0.496. The molecule has 0 bridgehead atoms. The highest BCUT2D eigenvalue weighted by Gasteiger charge is 2.37. The number of nitrogens with zero attached hydrogens (tertiary/aromatic N) is 1. The van der Waals surface area contributed by atoms with Gasteiger partial charge in [-0.05, 0) is 31.2 Å². The number of carbonyl (C=O) groups is 1. The van der Waals surface area contributed by atoms with Gasteiger partial charge in [-0.2, -0.15) is 4.31 Å². The Kier molecular flexibility index (Phi) is 5.97. The molecule has 0 amide bonds. The first kappa shape index (κ1) is 17.0. The molecule has 1 aromatic rings. The molecule has 0 radical (unpaired) electrons. The monoisotopic (exact) mass is 325 g/mol. The number of piperidine rings is 1. The van der Waals surface area contributed by atoms with E-state index < -0.39 is 22.0 Å². The van der Waals surface area contributed by atoms with Gasteiger partial charge < -0.3 is 4.74 Å². The smallest absolute Gasteiger partial charge is 0.324 e. The Balaban J connectivity index is 2.13. The molecule has 1 fully saturated rings. The summed E-state index contributed by atoms with van der Waals surface area (Å²) in [5.41, 5.74) is 0.730. The van der Waals surface area contributed by atoms with Crippen LogP contribution in [0.15, 0.2) is 30.3 Å². The number of benzene rings is 1. The molecule has 0 aliphatic carbocycles. The van der Waals surface area contributed by atoms with Crippen LogP contribution in [0.3, 0.4) is 0 Å². The lowest BCUT2D eigenvalue weighted by atomic mass is 10.1. The molecule has 0 saturated carbocycles. The molecule has 1 aromatic carbocycles. The molecule has 0 N–H and O–H groups in total. The normalized spacial score (nSPS) is 19.8. The Morgan fingerprint density at radius 2 is 2.00 bits per heavy atom. The van der Waals surface area contributed by atoms with E-state index >= 15 is 0 Å². The Labute approximate surface area is 132 Å². The van der Waals surface area contributed by atoms with E-state index in [-0.39, 0.29) is 5.75 Å². The Bertz CT molecular complexity index is 585. The van der Waals surface area contributed by atoms with Crippen molar-refractivity contribution in [3.63, 3.8) is 0 Å². The molecule has 5 nitrogen and oxygen atoms in total. The molecule has 0 aromatic heterocycles. The zero-order valence-electron chi connectivity index (χ0n) is 12.9. The average Bonchev–Trinajstić information content (AvgIpc) is 2.53. The van der Waals surface area contributed by atoms with Crippen LogP contribution < -0.4 is 0 Å². The van der Waals surface area contributed by atoms with Crippen molar-refractivity contribution in [3.8, 4) is 0 Å². The maximum atomic E-state index is 12.7. The van der Waals surface area contributed by atoms with Crippen LogP contribution in [0, 0.1) is 0 Å². The molecular weight excluding hydrogens is 302 g/mol. The molecule has 6 heteroatoms. The van der Waals surface area contributed by atoms with Crippen LogP contribution in [0.5, 0.6) is 0 Å². The summed E-state index contributed by atoms with van der Waals surface area (Å²) in [7, 11) is -3.52. The van der Waals surface area contributed by atoms with E-state index in [0.29, 0.717) is 19.6 Å². The first-order valence-electron chi connectivity index (χ1n) is 7.74. The highest BCUT2D eigenvalue weighted by Crippen LogP contribution is 2.24. The third-order valence-corrected chi connectivity index (χ3v) is 5.57. The highest BCUT2D eigenvalue weighted by atomic mass is 32.2. The van der Waals surface area contributed by atoms with Crippen molar-refractivity contribution in [3.05, 3.63) is 35.9 Å². The third-order valence-electron chi connectivity index (χ3n) is 3.72. The molecule has 1 aliphatic rings. The zero-order chi connectivity index (χ0) is 16.0. The minimum atomic E-state index is -3.52.